The van der Waals surface area contributed by atoms with Gasteiger partial charge in [0.25, 0.3) is 0 Å². The first-order valence-electron chi connectivity index (χ1n) is 5.45. The van der Waals surface area contributed by atoms with Gasteiger partial charge in [-0.1, -0.05) is 42.5 Å². The second kappa shape index (κ2) is 6.11. The van der Waals surface area contributed by atoms with Gasteiger partial charge in [0.15, 0.2) is 23.3 Å². The standard InChI is InChI=1S/C13H11F4IO2/c1-13(2,3-4-18)9(12(19)20)8-10(16)6(14)5-7(15)11(8)17/h3-5,9H,1-2H3,(H,19,20)/p-1. The molecule has 0 radical (unpaired) electrons. The highest BCUT2D eigenvalue weighted by atomic mass is 127. The quantitative estimate of drug-likeness (QED) is 0.442. The first kappa shape index (κ1) is 16.9. The van der Waals surface area contributed by atoms with Crippen LogP contribution in [0.25, 0.3) is 0 Å². The summed E-state index contributed by atoms with van der Waals surface area (Å²) < 4.78 is 55.3. The molecule has 20 heavy (non-hydrogen) atoms. The van der Waals surface area contributed by atoms with Crippen molar-refractivity contribution in [2.75, 3.05) is 0 Å². The minimum Gasteiger partial charge on any atom is -0.549 e. The Hall–Kier alpha value is -1.12. The number of hydrogen-bond donors (Lipinski definition) is 0. The van der Waals surface area contributed by atoms with Gasteiger partial charge >= 0.3 is 0 Å². The van der Waals surface area contributed by atoms with Crippen LogP contribution in [-0.4, -0.2) is 5.97 Å². The van der Waals surface area contributed by atoms with E-state index in [1.165, 1.54) is 24.0 Å². The molecule has 2 nitrogen and oxygen atoms in total. The van der Waals surface area contributed by atoms with E-state index >= 15 is 0 Å². The second-order valence-corrected chi connectivity index (χ2v) is 5.47. The van der Waals surface area contributed by atoms with Gasteiger partial charge < -0.3 is 9.90 Å². The number of halogens is 5. The summed E-state index contributed by atoms with van der Waals surface area (Å²) in [5.41, 5.74) is -2.48. The molecule has 7 heteroatoms. The molecule has 1 aromatic rings. The van der Waals surface area contributed by atoms with E-state index in [9.17, 15) is 27.5 Å². The first-order chi connectivity index (χ1) is 9.13. The summed E-state index contributed by atoms with van der Waals surface area (Å²) in [5, 5.41) is 11.2. The van der Waals surface area contributed by atoms with E-state index in [-0.39, 0.29) is 6.07 Å². The highest BCUT2D eigenvalue weighted by Crippen LogP contribution is 2.40. The monoisotopic (exact) mass is 401 g/mol. The Morgan fingerprint density at radius 1 is 1.25 bits per heavy atom. The molecule has 0 heterocycles. The van der Waals surface area contributed by atoms with Crippen molar-refractivity contribution in [1.82, 2.24) is 0 Å². The van der Waals surface area contributed by atoms with Crippen LogP contribution in [-0.2, 0) is 4.79 Å². The van der Waals surface area contributed by atoms with E-state index in [0.717, 1.165) is 0 Å². The number of hydrogen-bond acceptors (Lipinski definition) is 2. The highest BCUT2D eigenvalue weighted by molar-refractivity contribution is 14.1. The molecule has 1 unspecified atom stereocenters. The van der Waals surface area contributed by atoms with Crippen LogP contribution in [0, 0.1) is 28.7 Å². The maximum absolute atomic E-state index is 13.7. The lowest BCUT2D eigenvalue weighted by Gasteiger charge is -2.33. The fraction of sp³-hybridized carbons (Fsp3) is 0.308. The molecule has 0 spiro atoms. The van der Waals surface area contributed by atoms with Gasteiger partial charge in [-0.25, -0.2) is 17.6 Å². The molecule has 0 amide bonds. The van der Waals surface area contributed by atoms with Crippen molar-refractivity contribution in [3.63, 3.8) is 0 Å². The second-order valence-electron chi connectivity index (χ2n) is 4.75. The normalized spacial score (nSPS) is 13.8. The molecule has 0 fully saturated rings. The van der Waals surface area contributed by atoms with Crippen molar-refractivity contribution in [2.45, 2.75) is 19.8 Å². The number of benzene rings is 1. The summed E-state index contributed by atoms with van der Waals surface area (Å²) in [6.45, 7) is 2.73. The largest absolute Gasteiger partial charge is 0.549 e. The molecule has 0 aliphatic heterocycles. The zero-order valence-electron chi connectivity index (χ0n) is 10.5. The van der Waals surface area contributed by atoms with Crippen LogP contribution in [0.4, 0.5) is 17.6 Å². The van der Waals surface area contributed by atoms with Gasteiger partial charge in [0, 0.05) is 23.5 Å². The molecule has 0 N–H and O–H groups in total. The summed E-state index contributed by atoms with van der Waals surface area (Å²) in [6, 6.07) is 0.0294. The number of carboxylic acids is 1. The Morgan fingerprint density at radius 2 is 1.70 bits per heavy atom. The van der Waals surface area contributed by atoms with Gasteiger partial charge in [-0.05, 0) is 9.50 Å². The Balaban J connectivity index is 3.64. The van der Waals surface area contributed by atoms with Crippen molar-refractivity contribution in [3.8, 4) is 0 Å². The van der Waals surface area contributed by atoms with Crippen LogP contribution < -0.4 is 5.11 Å². The van der Waals surface area contributed by atoms with Crippen molar-refractivity contribution >= 4 is 28.6 Å². The third kappa shape index (κ3) is 3.13. The molecule has 0 aromatic heterocycles. The summed E-state index contributed by atoms with van der Waals surface area (Å²) >= 11 is 1.79. The summed E-state index contributed by atoms with van der Waals surface area (Å²) in [7, 11) is 0. The van der Waals surface area contributed by atoms with E-state index in [1.807, 2.05) is 0 Å². The van der Waals surface area contributed by atoms with Gasteiger partial charge in [0.1, 0.15) is 0 Å². The zero-order valence-corrected chi connectivity index (χ0v) is 12.7. The molecule has 1 aromatic carbocycles. The van der Waals surface area contributed by atoms with Gasteiger partial charge in [-0.3, -0.25) is 0 Å². The average molecular weight is 401 g/mol. The molecular formula is C13H10F4IO2-. The lowest BCUT2D eigenvalue weighted by atomic mass is 9.74. The topological polar surface area (TPSA) is 40.1 Å². The van der Waals surface area contributed by atoms with Gasteiger partial charge in [-0.2, -0.15) is 0 Å². The summed E-state index contributed by atoms with van der Waals surface area (Å²) in [4.78, 5) is 11.2. The molecule has 0 aliphatic rings. The molecule has 110 valence electrons. The molecule has 0 saturated heterocycles. The van der Waals surface area contributed by atoms with E-state index in [4.69, 9.17) is 0 Å². The maximum Gasteiger partial charge on any atom is 0.165 e. The SMILES string of the molecule is CC(C)(C=CI)C(C(=O)[O-])c1c(F)c(F)cc(F)c1F. The molecule has 1 rings (SSSR count). The van der Waals surface area contributed by atoms with Crippen molar-refractivity contribution in [1.29, 1.82) is 0 Å². The lowest BCUT2D eigenvalue weighted by molar-refractivity contribution is -0.310. The van der Waals surface area contributed by atoms with Crippen LogP contribution in [0.1, 0.15) is 25.3 Å². The summed E-state index contributed by atoms with van der Waals surface area (Å²) in [5.74, 6) is -10.5. The van der Waals surface area contributed by atoms with E-state index in [0.29, 0.717) is 0 Å². The third-order valence-electron chi connectivity index (χ3n) is 2.91. The van der Waals surface area contributed by atoms with E-state index in [2.05, 4.69) is 0 Å². The average Bonchev–Trinajstić information content (AvgIpc) is 2.31. The van der Waals surface area contributed by atoms with Crippen LogP contribution in [0.2, 0.25) is 0 Å². The number of carbonyl (C=O) groups is 1. The van der Waals surface area contributed by atoms with Crippen LogP contribution >= 0.6 is 22.6 Å². The number of carboxylic acid groups (broad SMARTS) is 1. The van der Waals surface area contributed by atoms with Gasteiger partial charge in [0.05, 0.1) is 0 Å². The Kier molecular flexibility index (Phi) is 5.17. The minimum atomic E-state index is -1.88. The maximum atomic E-state index is 13.7. The van der Waals surface area contributed by atoms with Crippen molar-refractivity contribution < 1.29 is 27.5 Å². The number of rotatable bonds is 4. The van der Waals surface area contributed by atoms with Gasteiger partial charge in [-0.15, -0.1) is 0 Å². The number of allylic oxidation sites excluding steroid dienone is 1. The Morgan fingerprint density at radius 3 is 2.05 bits per heavy atom. The Labute approximate surface area is 126 Å². The number of aliphatic carboxylic acids is 1. The van der Waals surface area contributed by atoms with E-state index < -0.39 is 46.1 Å². The van der Waals surface area contributed by atoms with Gasteiger partial charge in [0.2, 0.25) is 0 Å². The lowest BCUT2D eigenvalue weighted by Crippen LogP contribution is -2.39. The number of carbonyl (C=O) groups excluding carboxylic acids is 1. The van der Waals surface area contributed by atoms with Crippen LogP contribution in [0.3, 0.4) is 0 Å². The van der Waals surface area contributed by atoms with Crippen LogP contribution in [0.5, 0.6) is 0 Å². The first-order valence-corrected chi connectivity index (χ1v) is 6.69. The molecule has 0 aliphatic carbocycles. The molecular weight excluding hydrogens is 391 g/mol. The van der Waals surface area contributed by atoms with Crippen molar-refractivity contribution in [2.24, 2.45) is 5.41 Å². The molecule has 1 atom stereocenters. The molecule has 0 bridgehead atoms. The smallest absolute Gasteiger partial charge is 0.165 e. The zero-order chi connectivity index (χ0) is 15.7. The predicted octanol–water partition coefficient (Wildman–Crippen LogP) is 3.05. The minimum absolute atomic E-state index is 0.0294. The van der Waals surface area contributed by atoms with E-state index in [1.54, 1.807) is 22.6 Å². The summed E-state index contributed by atoms with van der Waals surface area (Å²) in [6.07, 6.45) is 1.36. The van der Waals surface area contributed by atoms with Crippen LogP contribution in [0.15, 0.2) is 16.2 Å². The fourth-order valence-electron chi connectivity index (χ4n) is 1.90. The fourth-order valence-corrected chi connectivity index (χ4v) is 2.82. The third-order valence-corrected chi connectivity index (χ3v) is 3.27. The van der Waals surface area contributed by atoms with Crippen molar-refractivity contribution in [3.05, 3.63) is 45.1 Å². The highest BCUT2D eigenvalue weighted by Gasteiger charge is 2.36. The predicted molar refractivity (Wildman–Crippen MR) is 71.0 cm³/mol. The Bertz CT molecular complexity index is 544. The molecule has 0 saturated carbocycles.